The van der Waals surface area contributed by atoms with Gasteiger partial charge in [-0.2, -0.15) is 0 Å². The lowest BCUT2D eigenvalue weighted by Gasteiger charge is -2.35. The topological polar surface area (TPSA) is 75.7 Å². The van der Waals surface area contributed by atoms with Gasteiger partial charge in [0.1, 0.15) is 0 Å². The lowest BCUT2D eigenvalue weighted by Crippen LogP contribution is -2.43. The fraction of sp³-hybridized carbons (Fsp3) is 0.591. The van der Waals surface area contributed by atoms with Gasteiger partial charge < -0.3 is 15.0 Å². The highest BCUT2D eigenvalue weighted by Crippen LogP contribution is 2.32. The van der Waals surface area contributed by atoms with E-state index in [-0.39, 0.29) is 23.7 Å². The monoisotopic (exact) mass is 386 g/mol. The standard InChI is InChI=1S/C22H30N2O4/c1-15-4-3-13-24(14-15)21(26)17-7-5-16(6-8-17)20(25)23-19-11-9-18(10-12-19)22(27)28-2/h9-12,15-17H,3-8,13-14H2,1-2H3,(H,23,25). The highest BCUT2D eigenvalue weighted by Gasteiger charge is 2.33. The van der Waals surface area contributed by atoms with Crippen molar-refractivity contribution in [2.45, 2.75) is 45.4 Å². The Morgan fingerprint density at radius 2 is 1.64 bits per heavy atom. The Morgan fingerprint density at radius 3 is 2.25 bits per heavy atom. The Kier molecular flexibility index (Phi) is 6.70. The Morgan fingerprint density at radius 1 is 1.00 bits per heavy atom. The number of anilines is 1. The van der Waals surface area contributed by atoms with E-state index in [4.69, 9.17) is 0 Å². The zero-order valence-corrected chi connectivity index (χ0v) is 16.8. The number of benzene rings is 1. The molecule has 1 unspecified atom stereocenters. The molecule has 2 fully saturated rings. The van der Waals surface area contributed by atoms with Crippen molar-refractivity contribution in [2.75, 3.05) is 25.5 Å². The lowest BCUT2D eigenvalue weighted by molar-refractivity contribution is -0.139. The number of carbonyl (C=O) groups excluding carboxylic acids is 3. The second kappa shape index (κ2) is 9.22. The third-order valence-electron chi connectivity index (χ3n) is 5.99. The summed E-state index contributed by atoms with van der Waals surface area (Å²) in [5.74, 6) is 0.458. The number of esters is 1. The molecule has 1 aromatic carbocycles. The summed E-state index contributed by atoms with van der Waals surface area (Å²) in [7, 11) is 1.34. The normalized spacial score (nSPS) is 25.1. The summed E-state index contributed by atoms with van der Waals surface area (Å²) in [4.78, 5) is 38.8. The van der Waals surface area contributed by atoms with Gasteiger partial charge in [0.2, 0.25) is 11.8 Å². The lowest BCUT2D eigenvalue weighted by atomic mass is 9.80. The number of likely N-dealkylation sites (tertiary alicyclic amines) is 1. The molecule has 1 saturated carbocycles. The SMILES string of the molecule is COC(=O)c1ccc(NC(=O)C2CCC(C(=O)N3CCCC(C)C3)CC2)cc1. The third-order valence-corrected chi connectivity index (χ3v) is 5.99. The molecule has 0 aromatic heterocycles. The van der Waals surface area contributed by atoms with Gasteiger partial charge in [0, 0.05) is 30.6 Å². The summed E-state index contributed by atoms with van der Waals surface area (Å²) >= 11 is 0. The van der Waals surface area contributed by atoms with Crippen LogP contribution in [-0.4, -0.2) is 42.9 Å². The number of methoxy groups -OCH3 is 1. The predicted molar refractivity (Wildman–Crippen MR) is 107 cm³/mol. The maximum atomic E-state index is 12.8. The van der Waals surface area contributed by atoms with Crippen LogP contribution in [0.4, 0.5) is 5.69 Å². The van der Waals surface area contributed by atoms with Crippen LogP contribution < -0.4 is 5.32 Å². The van der Waals surface area contributed by atoms with Crippen molar-refractivity contribution in [2.24, 2.45) is 17.8 Å². The van der Waals surface area contributed by atoms with Crippen LogP contribution in [0.25, 0.3) is 0 Å². The van der Waals surface area contributed by atoms with E-state index in [0.29, 0.717) is 17.2 Å². The van der Waals surface area contributed by atoms with E-state index in [1.54, 1.807) is 24.3 Å². The van der Waals surface area contributed by atoms with Crippen LogP contribution >= 0.6 is 0 Å². The van der Waals surface area contributed by atoms with Gasteiger partial charge in [0.25, 0.3) is 0 Å². The molecule has 0 bridgehead atoms. The van der Waals surface area contributed by atoms with Crippen molar-refractivity contribution in [1.82, 2.24) is 4.90 Å². The fourth-order valence-corrected chi connectivity index (χ4v) is 4.30. The first-order valence-electron chi connectivity index (χ1n) is 10.3. The minimum Gasteiger partial charge on any atom is -0.465 e. The molecule has 1 aliphatic heterocycles. The molecular weight excluding hydrogens is 356 g/mol. The van der Waals surface area contributed by atoms with Crippen LogP contribution in [-0.2, 0) is 14.3 Å². The van der Waals surface area contributed by atoms with Gasteiger partial charge in [0.05, 0.1) is 12.7 Å². The largest absolute Gasteiger partial charge is 0.465 e. The van der Waals surface area contributed by atoms with Crippen LogP contribution in [0.15, 0.2) is 24.3 Å². The number of nitrogens with zero attached hydrogens (tertiary/aromatic N) is 1. The summed E-state index contributed by atoms with van der Waals surface area (Å²) in [6, 6.07) is 6.68. The number of nitrogens with one attached hydrogen (secondary N) is 1. The molecule has 1 aliphatic carbocycles. The van der Waals surface area contributed by atoms with Gasteiger partial charge in [-0.15, -0.1) is 0 Å². The average molecular weight is 386 g/mol. The Balaban J connectivity index is 1.48. The predicted octanol–water partition coefficient (Wildman–Crippen LogP) is 3.48. The molecule has 28 heavy (non-hydrogen) atoms. The van der Waals surface area contributed by atoms with Gasteiger partial charge in [0.15, 0.2) is 0 Å². The highest BCUT2D eigenvalue weighted by molar-refractivity contribution is 5.94. The Hall–Kier alpha value is -2.37. The van der Waals surface area contributed by atoms with Crippen LogP contribution in [0, 0.1) is 17.8 Å². The van der Waals surface area contributed by atoms with E-state index >= 15 is 0 Å². The first-order valence-corrected chi connectivity index (χ1v) is 10.3. The van der Waals surface area contributed by atoms with Crippen molar-refractivity contribution in [1.29, 1.82) is 0 Å². The number of amides is 2. The number of hydrogen-bond acceptors (Lipinski definition) is 4. The minimum atomic E-state index is -0.399. The molecule has 1 saturated heterocycles. The molecule has 6 heteroatoms. The van der Waals surface area contributed by atoms with E-state index in [1.165, 1.54) is 13.5 Å². The summed E-state index contributed by atoms with van der Waals surface area (Å²) < 4.78 is 4.67. The van der Waals surface area contributed by atoms with Gasteiger partial charge >= 0.3 is 5.97 Å². The molecule has 1 aromatic rings. The summed E-state index contributed by atoms with van der Waals surface area (Å²) in [5.41, 5.74) is 1.12. The number of carbonyl (C=O) groups is 3. The van der Waals surface area contributed by atoms with Crippen molar-refractivity contribution < 1.29 is 19.1 Å². The quantitative estimate of drug-likeness (QED) is 0.804. The molecule has 1 atom stereocenters. The molecule has 0 spiro atoms. The van der Waals surface area contributed by atoms with E-state index in [1.807, 2.05) is 4.90 Å². The smallest absolute Gasteiger partial charge is 0.337 e. The Labute approximate surface area is 166 Å². The van der Waals surface area contributed by atoms with E-state index < -0.39 is 5.97 Å². The molecule has 1 heterocycles. The second-order valence-corrected chi connectivity index (χ2v) is 8.14. The highest BCUT2D eigenvalue weighted by atomic mass is 16.5. The maximum Gasteiger partial charge on any atom is 0.337 e. The zero-order valence-electron chi connectivity index (χ0n) is 16.8. The van der Waals surface area contributed by atoms with Crippen molar-refractivity contribution >= 4 is 23.5 Å². The van der Waals surface area contributed by atoms with Crippen molar-refractivity contribution in [3.63, 3.8) is 0 Å². The Bertz CT molecular complexity index is 708. The zero-order chi connectivity index (χ0) is 20.1. The number of piperidine rings is 1. The van der Waals surface area contributed by atoms with Crippen molar-refractivity contribution in [3.05, 3.63) is 29.8 Å². The summed E-state index contributed by atoms with van der Waals surface area (Å²) in [5, 5.41) is 2.92. The average Bonchev–Trinajstić information content (AvgIpc) is 2.73. The molecule has 0 radical (unpaired) electrons. The van der Waals surface area contributed by atoms with Gasteiger partial charge in [-0.3, -0.25) is 9.59 Å². The molecule has 3 rings (SSSR count). The molecule has 2 amide bonds. The maximum absolute atomic E-state index is 12.8. The van der Waals surface area contributed by atoms with E-state index in [0.717, 1.165) is 45.2 Å². The molecule has 2 aliphatic rings. The number of hydrogen-bond donors (Lipinski definition) is 1. The number of rotatable bonds is 4. The van der Waals surface area contributed by atoms with Crippen LogP contribution in [0.1, 0.15) is 55.8 Å². The second-order valence-electron chi connectivity index (χ2n) is 8.14. The van der Waals surface area contributed by atoms with Gasteiger partial charge in [-0.1, -0.05) is 6.92 Å². The van der Waals surface area contributed by atoms with E-state index in [9.17, 15) is 14.4 Å². The first kappa shape index (κ1) is 20.4. The van der Waals surface area contributed by atoms with Crippen LogP contribution in [0.5, 0.6) is 0 Å². The summed E-state index contributed by atoms with van der Waals surface area (Å²) in [6.07, 6.45) is 5.35. The first-order chi connectivity index (χ1) is 13.5. The van der Waals surface area contributed by atoms with Crippen LogP contribution in [0.2, 0.25) is 0 Å². The third kappa shape index (κ3) is 4.91. The summed E-state index contributed by atoms with van der Waals surface area (Å²) in [6.45, 7) is 3.96. The van der Waals surface area contributed by atoms with Gasteiger partial charge in [-0.25, -0.2) is 4.79 Å². The minimum absolute atomic E-state index is 0.0108. The van der Waals surface area contributed by atoms with Crippen LogP contribution in [0.3, 0.4) is 0 Å². The molecular formula is C22H30N2O4. The number of ether oxygens (including phenoxy) is 1. The molecule has 152 valence electrons. The fourth-order valence-electron chi connectivity index (χ4n) is 4.30. The molecule has 6 nitrogen and oxygen atoms in total. The van der Waals surface area contributed by atoms with Gasteiger partial charge in [-0.05, 0) is 68.7 Å². The molecule has 1 N–H and O–H groups in total. The van der Waals surface area contributed by atoms with E-state index in [2.05, 4.69) is 17.0 Å². The van der Waals surface area contributed by atoms with Crippen molar-refractivity contribution in [3.8, 4) is 0 Å².